The zero-order valence-electron chi connectivity index (χ0n) is 11.2. The first-order valence-corrected chi connectivity index (χ1v) is 7.91. The minimum atomic E-state index is -4.74. The van der Waals surface area contributed by atoms with Crippen LogP contribution in [-0.4, -0.2) is 18.2 Å². The monoisotopic (exact) mass is 353 g/mol. The van der Waals surface area contributed by atoms with Crippen molar-refractivity contribution in [2.45, 2.75) is 24.5 Å². The Labute approximate surface area is 129 Å². The Morgan fingerprint density at radius 1 is 1.36 bits per heavy atom. The van der Waals surface area contributed by atoms with Crippen molar-refractivity contribution in [3.63, 3.8) is 0 Å². The highest BCUT2D eigenvalue weighted by Gasteiger charge is 2.34. The lowest BCUT2D eigenvalue weighted by molar-refractivity contribution is -0.137. The van der Waals surface area contributed by atoms with E-state index in [0.29, 0.717) is 12.6 Å². The molecule has 0 fully saturated rings. The van der Waals surface area contributed by atoms with Crippen LogP contribution in [0.3, 0.4) is 0 Å². The number of sulfonamides is 1. The fourth-order valence-corrected chi connectivity index (χ4v) is 2.97. The Kier molecular flexibility index (Phi) is 4.39. The van der Waals surface area contributed by atoms with Crippen molar-refractivity contribution in [1.29, 1.82) is 0 Å². The Morgan fingerprint density at radius 3 is 2.59 bits per heavy atom. The number of aromatic nitrogens is 2. The molecule has 2 aromatic rings. The van der Waals surface area contributed by atoms with Crippen molar-refractivity contribution >= 4 is 27.3 Å². The Hall–Kier alpha value is -1.74. The SMILES string of the molecule is CCn1cc(NS(=O)(=O)c2ccc(Cl)c(C(F)(F)F)c2)cn1. The molecule has 0 aliphatic rings. The number of benzene rings is 1. The number of hydrogen-bond donors (Lipinski definition) is 1. The number of halogens is 4. The Morgan fingerprint density at radius 2 is 2.05 bits per heavy atom. The molecular weight excluding hydrogens is 343 g/mol. The average molecular weight is 354 g/mol. The van der Waals surface area contributed by atoms with Gasteiger partial charge in [-0.25, -0.2) is 8.42 Å². The van der Waals surface area contributed by atoms with Crippen LogP contribution in [0, 0.1) is 0 Å². The van der Waals surface area contributed by atoms with Gasteiger partial charge in [0.1, 0.15) is 0 Å². The molecule has 0 spiro atoms. The number of alkyl halides is 3. The molecule has 5 nitrogen and oxygen atoms in total. The number of rotatable bonds is 4. The Bertz CT molecular complexity index is 787. The van der Waals surface area contributed by atoms with Gasteiger partial charge >= 0.3 is 6.18 Å². The van der Waals surface area contributed by atoms with Crippen LogP contribution in [0.2, 0.25) is 5.02 Å². The summed E-state index contributed by atoms with van der Waals surface area (Å²) >= 11 is 5.46. The van der Waals surface area contributed by atoms with Crippen molar-refractivity contribution in [3.8, 4) is 0 Å². The molecule has 0 atom stereocenters. The molecule has 0 unspecified atom stereocenters. The van der Waals surface area contributed by atoms with Crippen LogP contribution in [-0.2, 0) is 22.7 Å². The number of hydrogen-bond acceptors (Lipinski definition) is 3. The molecular formula is C12H11ClF3N3O2S. The van der Waals surface area contributed by atoms with Crippen molar-refractivity contribution in [1.82, 2.24) is 9.78 Å². The highest BCUT2D eigenvalue weighted by Crippen LogP contribution is 2.36. The predicted molar refractivity (Wildman–Crippen MR) is 75.2 cm³/mol. The summed E-state index contributed by atoms with van der Waals surface area (Å²) in [5.41, 5.74) is -1.05. The lowest BCUT2D eigenvalue weighted by atomic mass is 10.2. The Balaban J connectivity index is 2.37. The molecule has 0 saturated heterocycles. The van der Waals surface area contributed by atoms with E-state index in [0.717, 1.165) is 12.1 Å². The molecule has 1 aromatic heterocycles. The van der Waals surface area contributed by atoms with Crippen molar-refractivity contribution < 1.29 is 21.6 Å². The molecule has 0 saturated carbocycles. The first-order valence-electron chi connectivity index (χ1n) is 6.05. The van der Waals surface area contributed by atoms with Gasteiger partial charge in [0.2, 0.25) is 0 Å². The van der Waals surface area contributed by atoms with E-state index in [9.17, 15) is 21.6 Å². The van der Waals surface area contributed by atoms with E-state index >= 15 is 0 Å². The van der Waals surface area contributed by atoms with Crippen molar-refractivity contribution in [2.24, 2.45) is 0 Å². The van der Waals surface area contributed by atoms with Gasteiger partial charge in [-0.15, -0.1) is 0 Å². The molecule has 120 valence electrons. The second kappa shape index (κ2) is 5.81. The molecule has 0 aliphatic carbocycles. The minimum Gasteiger partial charge on any atom is -0.276 e. The summed E-state index contributed by atoms with van der Waals surface area (Å²) in [6, 6.07) is 2.40. The fourth-order valence-electron chi connectivity index (χ4n) is 1.69. The first kappa shape index (κ1) is 16.6. The smallest absolute Gasteiger partial charge is 0.276 e. The normalized spacial score (nSPS) is 12.4. The zero-order valence-corrected chi connectivity index (χ0v) is 12.8. The van der Waals surface area contributed by atoms with E-state index in [-0.39, 0.29) is 5.69 Å². The van der Waals surface area contributed by atoms with Crippen LogP contribution in [0.15, 0.2) is 35.5 Å². The molecule has 22 heavy (non-hydrogen) atoms. The van der Waals surface area contributed by atoms with Gasteiger partial charge < -0.3 is 0 Å². The summed E-state index contributed by atoms with van der Waals surface area (Å²) in [4.78, 5) is -0.534. The number of nitrogens with zero attached hydrogens (tertiary/aromatic N) is 2. The molecule has 2 rings (SSSR count). The average Bonchev–Trinajstić information content (AvgIpc) is 2.84. The minimum absolute atomic E-state index is 0.158. The maximum absolute atomic E-state index is 12.8. The quantitative estimate of drug-likeness (QED) is 0.916. The molecule has 1 heterocycles. The lowest BCUT2D eigenvalue weighted by Crippen LogP contribution is -2.14. The van der Waals surface area contributed by atoms with Crippen LogP contribution < -0.4 is 4.72 Å². The third-order valence-corrected chi connectivity index (χ3v) is 4.47. The highest BCUT2D eigenvalue weighted by molar-refractivity contribution is 7.92. The van der Waals surface area contributed by atoms with Gasteiger partial charge in [-0.1, -0.05) is 11.6 Å². The lowest BCUT2D eigenvalue weighted by Gasteiger charge is -2.11. The maximum atomic E-state index is 12.8. The summed E-state index contributed by atoms with van der Waals surface area (Å²) in [7, 11) is -4.17. The largest absolute Gasteiger partial charge is 0.417 e. The van der Waals surface area contributed by atoms with Crippen LogP contribution in [0.4, 0.5) is 18.9 Å². The summed E-state index contributed by atoms with van der Waals surface area (Å²) < 4.78 is 66.2. The fraction of sp³-hybridized carbons (Fsp3) is 0.250. The van der Waals surface area contributed by atoms with Crippen LogP contribution in [0.25, 0.3) is 0 Å². The summed E-state index contributed by atoms with van der Waals surface area (Å²) in [5.74, 6) is 0. The second-order valence-electron chi connectivity index (χ2n) is 4.33. The van der Waals surface area contributed by atoms with E-state index in [1.54, 1.807) is 6.92 Å². The maximum Gasteiger partial charge on any atom is 0.417 e. The molecule has 0 bridgehead atoms. The second-order valence-corrected chi connectivity index (χ2v) is 6.42. The third kappa shape index (κ3) is 3.53. The molecule has 0 radical (unpaired) electrons. The molecule has 0 aliphatic heterocycles. The van der Waals surface area contributed by atoms with E-state index in [4.69, 9.17) is 11.6 Å². The van der Waals surface area contributed by atoms with E-state index in [1.807, 2.05) is 0 Å². The third-order valence-electron chi connectivity index (χ3n) is 2.76. The summed E-state index contributed by atoms with van der Waals surface area (Å²) in [6.07, 6.45) is -2.05. The van der Waals surface area contributed by atoms with E-state index in [1.165, 1.54) is 17.1 Å². The van der Waals surface area contributed by atoms with Crippen molar-refractivity contribution in [2.75, 3.05) is 4.72 Å². The van der Waals surface area contributed by atoms with Gasteiger partial charge in [0.05, 0.1) is 27.4 Å². The number of aryl methyl sites for hydroxylation is 1. The number of nitrogens with one attached hydrogen (secondary N) is 1. The topological polar surface area (TPSA) is 64.0 Å². The van der Waals surface area contributed by atoms with Crippen LogP contribution in [0.5, 0.6) is 0 Å². The predicted octanol–water partition coefficient (Wildman–Crippen LogP) is 3.38. The molecule has 1 N–H and O–H groups in total. The van der Waals surface area contributed by atoms with Gasteiger partial charge in [-0.2, -0.15) is 18.3 Å². The standard InChI is InChI=1S/C12H11ClF3N3O2S/c1-2-19-7-8(6-17-19)18-22(20,21)9-3-4-11(13)10(5-9)12(14,15)16/h3-7,18H,2H2,1H3. The molecule has 0 amide bonds. The van der Waals surface area contributed by atoms with Crippen molar-refractivity contribution in [3.05, 3.63) is 41.2 Å². The summed E-state index contributed by atoms with van der Waals surface area (Å²) in [5, 5.41) is 3.31. The van der Waals surface area contributed by atoms with Gasteiger partial charge in [0.15, 0.2) is 0 Å². The van der Waals surface area contributed by atoms with Crippen LogP contribution >= 0.6 is 11.6 Å². The molecule has 1 aromatic carbocycles. The number of anilines is 1. The molecule has 10 heteroatoms. The van der Waals surface area contributed by atoms with Crippen LogP contribution in [0.1, 0.15) is 12.5 Å². The van der Waals surface area contributed by atoms with E-state index in [2.05, 4.69) is 9.82 Å². The highest BCUT2D eigenvalue weighted by atomic mass is 35.5. The first-order chi connectivity index (χ1) is 10.1. The van der Waals surface area contributed by atoms with Gasteiger partial charge in [0.25, 0.3) is 10.0 Å². The zero-order chi connectivity index (χ0) is 16.5. The van der Waals surface area contributed by atoms with Gasteiger partial charge in [-0.3, -0.25) is 9.40 Å². The van der Waals surface area contributed by atoms with Gasteiger partial charge in [-0.05, 0) is 25.1 Å². The van der Waals surface area contributed by atoms with E-state index < -0.39 is 31.7 Å². The van der Waals surface area contributed by atoms with Gasteiger partial charge in [0, 0.05) is 12.7 Å². The summed E-state index contributed by atoms with van der Waals surface area (Å²) in [6.45, 7) is 2.33.